The Hall–Kier alpha value is -3.44. The molecule has 29 heavy (non-hydrogen) atoms. The molecule has 0 spiro atoms. The van der Waals surface area contributed by atoms with Gasteiger partial charge in [0.05, 0.1) is 0 Å². The van der Waals surface area contributed by atoms with Crippen LogP contribution in [0, 0.1) is 0 Å². The van der Waals surface area contributed by atoms with Gasteiger partial charge < -0.3 is 4.57 Å². The first-order valence-corrected chi connectivity index (χ1v) is 10.1. The molecule has 2 aromatic heterocycles. The zero-order valence-electron chi connectivity index (χ0n) is 15.7. The highest BCUT2D eigenvalue weighted by molar-refractivity contribution is 7.99. The van der Waals surface area contributed by atoms with Crippen molar-refractivity contribution in [2.45, 2.75) is 16.5 Å². The van der Waals surface area contributed by atoms with Crippen LogP contribution in [0.4, 0.5) is 0 Å². The quantitative estimate of drug-likeness (QED) is 0.485. The summed E-state index contributed by atoms with van der Waals surface area (Å²) in [6.45, 7) is 0.660. The molecule has 4 aromatic rings. The minimum Gasteiger partial charge on any atom is -0.328 e. The molecule has 0 N–H and O–H groups in total. The molecular weight excluding hydrogens is 378 g/mol. The monoisotopic (exact) mass is 397 g/mol. The van der Waals surface area contributed by atoms with Crippen molar-refractivity contribution in [1.29, 1.82) is 0 Å². The molecule has 0 aliphatic carbocycles. The van der Waals surface area contributed by atoms with Gasteiger partial charge >= 0.3 is 0 Å². The smallest absolute Gasteiger partial charge is 0.278 e. The molecule has 142 valence electrons. The van der Waals surface area contributed by atoms with Crippen LogP contribution in [0.2, 0.25) is 0 Å². The summed E-state index contributed by atoms with van der Waals surface area (Å²) in [5.41, 5.74) is 2.35. The van der Waals surface area contributed by atoms with Gasteiger partial charge in [-0.25, -0.2) is 4.98 Å². The summed E-state index contributed by atoms with van der Waals surface area (Å²) in [7, 11) is 0. The molecule has 5 heteroatoms. The van der Waals surface area contributed by atoms with E-state index >= 15 is 0 Å². The predicted molar refractivity (Wildman–Crippen MR) is 115 cm³/mol. The lowest BCUT2D eigenvalue weighted by Gasteiger charge is -2.07. The maximum absolute atomic E-state index is 12.7. The normalized spacial score (nSPS) is 11.4. The highest BCUT2D eigenvalue weighted by Crippen LogP contribution is 2.25. The average Bonchev–Trinajstić information content (AvgIpc) is 2.77. The largest absolute Gasteiger partial charge is 0.328 e. The van der Waals surface area contributed by atoms with Crippen molar-refractivity contribution in [1.82, 2.24) is 9.55 Å². The van der Waals surface area contributed by atoms with Crippen LogP contribution in [-0.4, -0.2) is 15.5 Å². The number of aromatic nitrogens is 2. The van der Waals surface area contributed by atoms with Crippen molar-refractivity contribution >= 4 is 17.7 Å². The second-order valence-corrected chi connectivity index (χ2v) is 7.48. The van der Waals surface area contributed by atoms with Gasteiger partial charge in [-0.2, -0.15) is 4.99 Å². The van der Waals surface area contributed by atoms with Gasteiger partial charge in [0.1, 0.15) is 10.5 Å². The Balaban J connectivity index is 1.54. The van der Waals surface area contributed by atoms with Crippen LogP contribution < -0.4 is 5.49 Å². The van der Waals surface area contributed by atoms with E-state index in [-0.39, 0.29) is 5.91 Å². The first kappa shape index (κ1) is 18.9. The summed E-state index contributed by atoms with van der Waals surface area (Å²) in [5, 5.41) is 0.919. The van der Waals surface area contributed by atoms with Gasteiger partial charge in [-0.15, -0.1) is 0 Å². The predicted octanol–water partition coefficient (Wildman–Crippen LogP) is 4.82. The Labute approximate surface area is 173 Å². The minimum absolute atomic E-state index is 0.257. The molecule has 0 saturated carbocycles. The fourth-order valence-corrected chi connectivity index (χ4v) is 3.62. The SMILES string of the molecule is O=C(N=c1ccccn1Cc1ccccc1)c1ccc(Sc2ccccn2)cc1. The van der Waals surface area contributed by atoms with Gasteiger partial charge in [0.25, 0.3) is 5.91 Å². The lowest BCUT2D eigenvalue weighted by molar-refractivity contribution is 0.0997. The number of nitrogens with zero attached hydrogens (tertiary/aromatic N) is 3. The van der Waals surface area contributed by atoms with Crippen LogP contribution in [0.3, 0.4) is 0 Å². The molecule has 4 nitrogen and oxygen atoms in total. The molecule has 0 fully saturated rings. The van der Waals surface area contributed by atoms with Crippen molar-refractivity contribution in [3.05, 3.63) is 120 Å². The third-order valence-corrected chi connectivity index (χ3v) is 5.25. The number of amides is 1. The van der Waals surface area contributed by atoms with Gasteiger partial charge in [-0.05, 0) is 54.1 Å². The molecule has 1 amide bonds. The Bertz CT molecular complexity index is 1150. The number of carbonyl (C=O) groups excluding carboxylic acids is 1. The third-order valence-electron chi connectivity index (χ3n) is 4.29. The molecule has 0 atom stereocenters. The van der Waals surface area contributed by atoms with Crippen molar-refractivity contribution in [2.24, 2.45) is 4.99 Å². The number of hydrogen-bond donors (Lipinski definition) is 0. The van der Waals surface area contributed by atoms with E-state index in [2.05, 4.69) is 22.1 Å². The number of benzene rings is 2. The van der Waals surface area contributed by atoms with Gasteiger partial charge in [0, 0.05) is 29.4 Å². The van der Waals surface area contributed by atoms with Gasteiger partial charge in [0.2, 0.25) is 0 Å². The van der Waals surface area contributed by atoms with E-state index in [0.29, 0.717) is 17.6 Å². The molecule has 0 radical (unpaired) electrons. The Morgan fingerprint density at radius 3 is 2.38 bits per heavy atom. The van der Waals surface area contributed by atoms with Gasteiger partial charge in [0.15, 0.2) is 0 Å². The Morgan fingerprint density at radius 1 is 0.862 bits per heavy atom. The number of rotatable bonds is 5. The van der Waals surface area contributed by atoms with Gasteiger partial charge in [-0.1, -0.05) is 54.2 Å². The van der Waals surface area contributed by atoms with Crippen LogP contribution in [0.15, 0.2) is 118 Å². The van der Waals surface area contributed by atoms with E-state index in [0.717, 1.165) is 15.5 Å². The van der Waals surface area contributed by atoms with Crippen LogP contribution >= 0.6 is 11.8 Å². The zero-order valence-corrected chi connectivity index (χ0v) is 16.5. The summed E-state index contributed by atoms with van der Waals surface area (Å²) in [4.78, 5) is 22.4. The van der Waals surface area contributed by atoms with E-state index in [1.54, 1.807) is 18.0 Å². The molecule has 0 bridgehead atoms. The van der Waals surface area contributed by atoms with Crippen molar-refractivity contribution in [2.75, 3.05) is 0 Å². The maximum Gasteiger partial charge on any atom is 0.278 e. The van der Waals surface area contributed by atoms with Crippen LogP contribution in [0.5, 0.6) is 0 Å². The molecule has 0 aliphatic rings. The highest BCUT2D eigenvalue weighted by atomic mass is 32.2. The minimum atomic E-state index is -0.257. The highest BCUT2D eigenvalue weighted by Gasteiger charge is 2.06. The van der Waals surface area contributed by atoms with E-state index in [1.165, 1.54) is 0 Å². The number of pyridine rings is 2. The third kappa shape index (κ3) is 5.09. The first-order chi connectivity index (χ1) is 14.3. The van der Waals surface area contributed by atoms with Crippen LogP contribution in [-0.2, 0) is 6.54 Å². The topological polar surface area (TPSA) is 47.2 Å². The van der Waals surface area contributed by atoms with E-state index in [9.17, 15) is 4.79 Å². The van der Waals surface area contributed by atoms with E-state index in [4.69, 9.17) is 0 Å². The molecule has 2 aromatic carbocycles. The summed E-state index contributed by atoms with van der Waals surface area (Å²) < 4.78 is 1.97. The molecule has 0 saturated heterocycles. The van der Waals surface area contributed by atoms with E-state index < -0.39 is 0 Å². The summed E-state index contributed by atoms with van der Waals surface area (Å²) >= 11 is 1.56. The standard InChI is InChI=1S/C24H19N3OS/c28-24(20-12-14-21(15-13-20)29-23-11-4-6-16-25-23)26-22-10-5-7-17-27(22)18-19-8-2-1-3-9-19/h1-17H,18H2. The Morgan fingerprint density at radius 2 is 1.62 bits per heavy atom. The lowest BCUT2D eigenvalue weighted by atomic mass is 10.2. The lowest BCUT2D eigenvalue weighted by Crippen LogP contribution is -2.22. The first-order valence-electron chi connectivity index (χ1n) is 9.25. The molecule has 0 aliphatic heterocycles. The second kappa shape index (κ2) is 9.17. The summed E-state index contributed by atoms with van der Waals surface area (Å²) in [6, 6.07) is 29.1. The molecule has 0 unspecified atom stereocenters. The summed E-state index contributed by atoms with van der Waals surface area (Å²) in [6.07, 6.45) is 3.70. The van der Waals surface area contributed by atoms with Crippen molar-refractivity contribution in [3.63, 3.8) is 0 Å². The maximum atomic E-state index is 12.7. The second-order valence-electron chi connectivity index (χ2n) is 6.38. The molecule has 2 heterocycles. The number of carbonyl (C=O) groups is 1. The molecule has 4 rings (SSSR count). The average molecular weight is 398 g/mol. The fourth-order valence-electron chi connectivity index (χ4n) is 2.84. The zero-order chi connectivity index (χ0) is 19.9. The fraction of sp³-hybridized carbons (Fsp3) is 0.0417. The van der Waals surface area contributed by atoms with Gasteiger partial charge in [-0.3, -0.25) is 4.79 Å². The van der Waals surface area contributed by atoms with Crippen LogP contribution in [0.25, 0.3) is 0 Å². The Kier molecular flexibility index (Phi) is 5.98. The van der Waals surface area contributed by atoms with E-state index in [1.807, 2.05) is 89.6 Å². The van der Waals surface area contributed by atoms with Crippen molar-refractivity contribution in [3.8, 4) is 0 Å². The van der Waals surface area contributed by atoms with Crippen LogP contribution in [0.1, 0.15) is 15.9 Å². The van der Waals surface area contributed by atoms with Crippen molar-refractivity contribution < 1.29 is 4.79 Å². The summed E-state index contributed by atoms with van der Waals surface area (Å²) in [5.74, 6) is -0.257. The molecular formula is C24H19N3OS. The number of hydrogen-bond acceptors (Lipinski definition) is 3.